The minimum absolute atomic E-state index is 0.154. The lowest BCUT2D eigenvalue weighted by Gasteiger charge is -2.27. The van der Waals surface area contributed by atoms with Gasteiger partial charge in [-0.1, -0.05) is 0 Å². The Labute approximate surface area is 148 Å². The van der Waals surface area contributed by atoms with Crippen LogP contribution < -0.4 is 0 Å². The van der Waals surface area contributed by atoms with Crippen LogP contribution in [0, 0.1) is 0 Å². The van der Waals surface area contributed by atoms with Crippen molar-refractivity contribution >= 4 is 17.7 Å². The molecule has 0 unspecified atom stereocenters. The quantitative estimate of drug-likeness (QED) is 0.489. The third-order valence-electron chi connectivity index (χ3n) is 4.09. The maximum Gasteiger partial charge on any atom is 0.463 e. The predicted molar refractivity (Wildman–Crippen MR) is 82.1 cm³/mol. The highest BCUT2D eigenvalue weighted by Crippen LogP contribution is 2.36. The molecule has 0 spiro atoms. The lowest BCUT2D eigenvalue weighted by Crippen LogP contribution is -2.52. The summed E-state index contributed by atoms with van der Waals surface area (Å²) >= 11 is 0. The first-order chi connectivity index (χ1) is 11.9. The molecule has 2 amide bonds. The number of likely N-dealkylation sites (N-methyl/N-ethyl adjacent to an activating group) is 1. The molecule has 6 nitrogen and oxygen atoms in total. The van der Waals surface area contributed by atoms with E-state index in [0.29, 0.717) is 19.0 Å². The third-order valence-corrected chi connectivity index (χ3v) is 4.09. The Morgan fingerprint density at radius 3 is 2.27 bits per heavy atom. The van der Waals surface area contributed by atoms with Crippen molar-refractivity contribution in [3.8, 4) is 0 Å². The van der Waals surface area contributed by atoms with E-state index in [4.69, 9.17) is 4.74 Å². The molecule has 0 aromatic rings. The monoisotopic (exact) mass is 388 g/mol. The molecule has 0 fully saturated rings. The number of carbonyl (C=O) groups is 2. The van der Waals surface area contributed by atoms with Crippen molar-refractivity contribution in [2.75, 3.05) is 46.4 Å². The highest BCUT2D eigenvalue weighted by atomic mass is 19.4. The van der Waals surface area contributed by atoms with Crippen LogP contribution in [0.3, 0.4) is 0 Å². The zero-order valence-electron chi connectivity index (χ0n) is 14.9. The van der Waals surface area contributed by atoms with Crippen LogP contribution in [-0.4, -0.2) is 90.6 Å². The molecule has 0 saturated carbocycles. The van der Waals surface area contributed by atoms with E-state index in [1.165, 1.54) is 11.8 Å². The van der Waals surface area contributed by atoms with E-state index >= 15 is 0 Å². The van der Waals surface area contributed by atoms with Crippen molar-refractivity contribution in [3.05, 3.63) is 0 Å². The minimum atomic E-state index is -5.96. The van der Waals surface area contributed by atoms with E-state index in [1.54, 1.807) is 6.92 Å². The lowest BCUT2D eigenvalue weighted by molar-refractivity contribution is -0.544. The second-order valence-corrected chi connectivity index (χ2v) is 6.01. The second-order valence-electron chi connectivity index (χ2n) is 6.01. The molecule has 0 bridgehead atoms. The molecule has 1 aliphatic heterocycles. The first kappa shape index (κ1) is 22.1. The summed E-state index contributed by atoms with van der Waals surface area (Å²) in [7, 11) is 0.844. The van der Waals surface area contributed by atoms with Crippen LogP contribution in [0.4, 0.5) is 22.0 Å². The summed E-state index contributed by atoms with van der Waals surface area (Å²) in [4.78, 5) is 24.6. The van der Waals surface area contributed by atoms with Crippen molar-refractivity contribution in [2.45, 2.75) is 32.4 Å². The van der Waals surface area contributed by atoms with Crippen LogP contribution in [0.25, 0.3) is 0 Å². The minimum Gasteiger partial charge on any atom is -0.448 e. The molecule has 26 heavy (non-hydrogen) atoms. The van der Waals surface area contributed by atoms with E-state index in [1.807, 2.05) is 4.58 Å². The van der Waals surface area contributed by atoms with E-state index in [2.05, 4.69) is 0 Å². The number of carbonyl (C=O) groups excluding carboxylic acids is 2. The maximum atomic E-state index is 13.1. The van der Waals surface area contributed by atoms with Crippen molar-refractivity contribution in [2.24, 2.45) is 0 Å². The maximum absolute atomic E-state index is 13.1. The average molecular weight is 388 g/mol. The van der Waals surface area contributed by atoms with Crippen molar-refractivity contribution in [1.29, 1.82) is 0 Å². The molecule has 1 rings (SSSR count). The molecule has 0 N–H and O–H groups in total. The Hall–Kier alpha value is -1.94. The van der Waals surface area contributed by atoms with Gasteiger partial charge in [0, 0.05) is 33.5 Å². The standard InChI is InChI=1S/C15H23F5N3O3/c1-11(24)22(8-9-23-5-4-10-26-12(23)2)7-6-21(3)13(25)14(16,17)15(18,19)20/h4-10H2,1-3H3/q+1. The van der Waals surface area contributed by atoms with Gasteiger partial charge >= 0.3 is 23.9 Å². The largest absolute Gasteiger partial charge is 0.463 e. The number of halogens is 5. The van der Waals surface area contributed by atoms with Gasteiger partial charge in [0.15, 0.2) is 6.54 Å². The summed E-state index contributed by atoms with van der Waals surface area (Å²) in [6.07, 6.45) is -5.14. The average Bonchev–Trinajstić information content (AvgIpc) is 2.53. The van der Waals surface area contributed by atoms with Gasteiger partial charge < -0.3 is 14.5 Å². The van der Waals surface area contributed by atoms with Crippen molar-refractivity contribution in [1.82, 2.24) is 9.80 Å². The van der Waals surface area contributed by atoms with Gasteiger partial charge in [0.25, 0.3) is 0 Å². The summed E-state index contributed by atoms with van der Waals surface area (Å²) in [5, 5.41) is 0. The number of hydrogen-bond donors (Lipinski definition) is 0. The fourth-order valence-corrected chi connectivity index (χ4v) is 2.39. The number of ether oxygens (including phenoxy) is 1. The number of rotatable bonds is 7. The Balaban J connectivity index is 2.63. The first-order valence-electron chi connectivity index (χ1n) is 8.05. The highest BCUT2D eigenvalue weighted by Gasteiger charge is 2.64. The molecule has 1 aliphatic rings. The van der Waals surface area contributed by atoms with Crippen LogP contribution in [0.5, 0.6) is 0 Å². The molecule has 0 atom stereocenters. The lowest BCUT2D eigenvalue weighted by atomic mass is 10.2. The van der Waals surface area contributed by atoms with Crippen LogP contribution >= 0.6 is 0 Å². The molecule has 0 aliphatic carbocycles. The summed E-state index contributed by atoms with van der Waals surface area (Å²) in [5.41, 5.74) is 0. The van der Waals surface area contributed by atoms with Gasteiger partial charge in [-0.05, 0) is 0 Å². The molecule has 0 aromatic heterocycles. The van der Waals surface area contributed by atoms with Crippen LogP contribution in [0.2, 0.25) is 0 Å². The first-order valence-corrected chi connectivity index (χ1v) is 8.05. The van der Waals surface area contributed by atoms with E-state index in [0.717, 1.165) is 20.0 Å². The molecule has 11 heteroatoms. The van der Waals surface area contributed by atoms with Gasteiger partial charge in [0.2, 0.25) is 5.91 Å². The van der Waals surface area contributed by atoms with Gasteiger partial charge in [0.05, 0.1) is 20.1 Å². The molecule has 0 aromatic carbocycles. The van der Waals surface area contributed by atoms with E-state index in [-0.39, 0.29) is 23.9 Å². The SMILES string of the molecule is CC(=O)N(CCN(C)C(=O)C(F)(F)C(F)(F)F)CC[N+]1=C(C)OCCC1. The van der Waals surface area contributed by atoms with Gasteiger partial charge in [-0.3, -0.25) is 9.59 Å². The summed E-state index contributed by atoms with van der Waals surface area (Å²) in [6.45, 7) is 4.46. The number of hydrogen-bond acceptors (Lipinski definition) is 3. The predicted octanol–water partition coefficient (Wildman–Crippen LogP) is 1.34. The topological polar surface area (TPSA) is 52.9 Å². The Morgan fingerprint density at radius 2 is 1.77 bits per heavy atom. The molecule has 0 saturated heterocycles. The third kappa shape index (κ3) is 5.53. The zero-order valence-corrected chi connectivity index (χ0v) is 14.9. The fourth-order valence-electron chi connectivity index (χ4n) is 2.39. The Morgan fingerprint density at radius 1 is 1.15 bits per heavy atom. The van der Waals surface area contributed by atoms with Crippen LogP contribution in [0.15, 0.2) is 0 Å². The summed E-state index contributed by atoms with van der Waals surface area (Å²) < 4.78 is 70.2. The molecular formula is C15H23F5N3O3+. The van der Waals surface area contributed by atoms with Gasteiger partial charge in [-0.15, -0.1) is 0 Å². The van der Waals surface area contributed by atoms with Gasteiger partial charge in [-0.2, -0.15) is 22.0 Å². The van der Waals surface area contributed by atoms with E-state index in [9.17, 15) is 31.5 Å². The molecule has 0 radical (unpaired) electrons. The Kier molecular flexibility index (Phi) is 7.34. The zero-order chi connectivity index (χ0) is 20.1. The van der Waals surface area contributed by atoms with Crippen molar-refractivity contribution < 1.29 is 40.9 Å². The smallest absolute Gasteiger partial charge is 0.448 e. The summed E-state index contributed by atoms with van der Waals surface area (Å²) in [6, 6.07) is 0. The van der Waals surface area contributed by atoms with Crippen LogP contribution in [-0.2, 0) is 14.3 Å². The second kappa shape index (κ2) is 8.63. The van der Waals surface area contributed by atoms with Crippen molar-refractivity contribution in [3.63, 3.8) is 0 Å². The van der Waals surface area contributed by atoms with Crippen LogP contribution in [0.1, 0.15) is 20.3 Å². The molecule has 150 valence electrons. The van der Waals surface area contributed by atoms with Gasteiger partial charge in [-0.25, -0.2) is 4.58 Å². The number of amides is 2. The number of nitrogens with zero attached hydrogens (tertiary/aromatic N) is 3. The number of alkyl halides is 5. The molecular weight excluding hydrogens is 365 g/mol. The Bertz CT molecular complexity index is 563. The fraction of sp³-hybridized carbons (Fsp3) is 0.800. The van der Waals surface area contributed by atoms with E-state index < -0.39 is 24.6 Å². The normalized spacial score (nSPS) is 15.5. The van der Waals surface area contributed by atoms with Gasteiger partial charge in [0.1, 0.15) is 6.54 Å². The highest BCUT2D eigenvalue weighted by molar-refractivity contribution is 5.84. The molecule has 1 heterocycles. The summed E-state index contributed by atoms with van der Waals surface area (Å²) in [5.74, 6) is -7.47.